The molecule has 0 aliphatic carbocycles. The molecule has 2 aromatic rings. The molecular weight excluding hydrogens is 258 g/mol. The summed E-state index contributed by atoms with van der Waals surface area (Å²) in [6, 6.07) is 4.04. The summed E-state index contributed by atoms with van der Waals surface area (Å²) in [6.45, 7) is 1.67. The number of aromatic nitrogens is 3. The van der Waals surface area contributed by atoms with Crippen molar-refractivity contribution in [3.8, 4) is 0 Å². The summed E-state index contributed by atoms with van der Waals surface area (Å²) < 4.78 is 7.93. The number of imidazole rings is 1. The third kappa shape index (κ3) is 1.96. The second-order valence-electron chi connectivity index (χ2n) is 5.21. The molecule has 5 heteroatoms. The van der Waals surface area contributed by atoms with E-state index in [1.54, 1.807) is 0 Å². The highest BCUT2D eigenvalue weighted by Gasteiger charge is 2.29. The van der Waals surface area contributed by atoms with Gasteiger partial charge in [-0.1, -0.05) is 0 Å². The van der Waals surface area contributed by atoms with E-state index in [2.05, 4.69) is 15.6 Å². The van der Waals surface area contributed by atoms with Crippen LogP contribution in [-0.4, -0.2) is 33.5 Å². The summed E-state index contributed by atoms with van der Waals surface area (Å²) in [4.78, 5) is 9.41. The maximum absolute atomic E-state index is 5.54. The molecule has 19 heavy (non-hydrogen) atoms. The van der Waals surface area contributed by atoms with Gasteiger partial charge < -0.3 is 4.74 Å². The average molecular weight is 275 g/mol. The highest BCUT2D eigenvalue weighted by atomic mass is 32.2. The van der Waals surface area contributed by atoms with Gasteiger partial charge in [0, 0.05) is 18.7 Å². The van der Waals surface area contributed by atoms with Gasteiger partial charge in [0.2, 0.25) is 0 Å². The van der Waals surface area contributed by atoms with Crippen LogP contribution in [0.4, 0.5) is 0 Å². The van der Waals surface area contributed by atoms with Gasteiger partial charge >= 0.3 is 0 Å². The molecule has 0 spiro atoms. The van der Waals surface area contributed by atoms with Gasteiger partial charge in [-0.2, -0.15) is 0 Å². The van der Waals surface area contributed by atoms with E-state index < -0.39 is 0 Å². The zero-order valence-electron chi connectivity index (χ0n) is 10.8. The number of rotatable bonds is 2. The predicted molar refractivity (Wildman–Crippen MR) is 76.4 cm³/mol. The summed E-state index contributed by atoms with van der Waals surface area (Å²) in [5, 5.41) is 0.510. The molecule has 100 valence electrons. The van der Waals surface area contributed by atoms with Crippen molar-refractivity contribution in [3.05, 3.63) is 24.2 Å². The Bertz CT molecular complexity index is 585. The zero-order chi connectivity index (χ0) is 12.7. The second kappa shape index (κ2) is 4.80. The van der Waals surface area contributed by atoms with Gasteiger partial charge in [0.1, 0.15) is 11.3 Å². The molecule has 2 unspecified atom stereocenters. The van der Waals surface area contributed by atoms with E-state index in [0.29, 0.717) is 11.3 Å². The van der Waals surface area contributed by atoms with Crippen LogP contribution in [0.15, 0.2) is 18.3 Å². The molecular formula is C14H17N3OS. The van der Waals surface area contributed by atoms with E-state index in [1.165, 1.54) is 24.4 Å². The van der Waals surface area contributed by atoms with Gasteiger partial charge in [0.25, 0.3) is 0 Å². The summed E-state index contributed by atoms with van der Waals surface area (Å²) >= 11 is 2.03. The van der Waals surface area contributed by atoms with Crippen LogP contribution in [0.1, 0.15) is 36.4 Å². The number of fused-ring (bicyclic) bond motifs is 1. The SMILES string of the molecule is c1cnc2c(c1)nc(C1CCOC1)n2C1CCCS1. The van der Waals surface area contributed by atoms with E-state index in [4.69, 9.17) is 9.72 Å². The van der Waals surface area contributed by atoms with Crippen LogP contribution in [0.25, 0.3) is 11.2 Å². The maximum atomic E-state index is 5.54. The molecule has 2 aromatic heterocycles. The first-order valence-corrected chi connectivity index (χ1v) is 8.00. The third-order valence-electron chi connectivity index (χ3n) is 3.96. The van der Waals surface area contributed by atoms with Crippen LogP contribution in [-0.2, 0) is 4.74 Å². The molecule has 2 fully saturated rings. The number of pyridine rings is 1. The van der Waals surface area contributed by atoms with Gasteiger partial charge in [-0.05, 0) is 37.1 Å². The Morgan fingerprint density at radius 3 is 3.16 bits per heavy atom. The van der Waals surface area contributed by atoms with E-state index in [0.717, 1.165) is 30.8 Å². The van der Waals surface area contributed by atoms with Crippen molar-refractivity contribution in [1.29, 1.82) is 0 Å². The Labute approximate surface area is 116 Å². The summed E-state index contributed by atoms with van der Waals surface area (Å²) in [5.41, 5.74) is 2.07. The van der Waals surface area contributed by atoms with E-state index >= 15 is 0 Å². The fourth-order valence-corrected chi connectivity index (χ4v) is 4.32. The van der Waals surface area contributed by atoms with Gasteiger partial charge in [-0.15, -0.1) is 11.8 Å². The largest absolute Gasteiger partial charge is 0.381 e. The first-order valence-electron chi connectivity index (χ1n) is 6.95. The highest BCUT2D eigenvalue weighted by molar-refractivity contribution is 7.99. The Morgan fingerprint density at radius 1 is 1.37 bits per heavy atom. The maximum Gasteiger partial charge on any atom is 0.160 e. The Hall–Kier alpha value is -1.07. The molecule has 0 bridgehead atoms. The molecule has 2 atom stereocenters. The van der Waals surface area contributed by atoms with Crippen molar-refractivity contribution in [1.82, 2.24) is 14.5 Å². The number of nitrogens with zero attached hydrogens (tertiary/aromatic N) is 3. The molecule has 2 aliphatic rings. The Balaban J connectivity index is 1.87. The lowest BCUT2D eigenvalue weighted by molar-refractivity contribution is 0.192. The number of thioether (sulfide) groups is 1. The monoisotopic (exact) mass is 275 g/mol. The van der Waals surface area contributed by atoms with Crippen molar-refractivity contribution in [2.45, 2.75) is 30.6 Å². The van der Waals surface area contributed by atoms with Crippen molar-refractivity contribution >= 4 is 22.9 Å². The summed E-state index contributed by atoms with van der Waals surface area (Å²) in [5.74, 6) is 2.87. The smallest absolute Gasteiger partial charge is 0.160 e. The van der Waals surface area contributed by atoms with Crippen LogP contribution in [0.2, 0.25) is 0 Å². The normalized spacial score (nSPS) is 27.4. The molecule has 2 aliphatic heterocycles. The minimum Gasteiger partial charge on any atom is -0.381 e. The van der Waals surface area contributed by atoms with E-state index in [-0.39, 0.29) is 0 Å². The predicted octanol–water partition coefficient (Wildman–Crippen LogP) is 2.96. The molecule has 4 rings (SSSR count). The number of hydrogen-bond acceptors (Lipinski definition) is 4. The molecule has 0 N–H and O–H groups in total. The molecule has 2 saturated heterocycles. The molecule has 0 amide bonds. The van der Waals surface area contributed by atoms with Gasteiger partial charge in [-0.25, -0.2) is 9.97 Å². The van der Waals surface area contributed by atoms with Crippen molar-refractivity contribution in [2.75, 3.05) is 19.0 Å². The number of hydrogen-bond donors (Lipinski definition) is 0. The van der Waals surface area contributed by atoms with Gasteiger partial charge in [-0.3, -0.25) is 4.57 Å². The van der Waals surface area contributed by atoms with Crippen LogP contribution in [0.3, 0.4) is 0 Å². The highest BCUT2D eigenvalue weighted by Crippen LogP contribution is 2.40. The van der Waals surface area contributed by atoms with Crippen LogP contribution >= 0.6 is 11.8 Å². The standard InChI is InChI=1S/C14H17N3OS/c1-3-11-14(15-6-1)17(12-4-2-8-19-12)13(16-11)10-5-7-18-9-10/h1,3,6,10,12H,2,4-5,7-9H2. The molecule has 4 nitrogen and oxygen atoms in total. The summed E-state index contributed by atoms with van der Waals surface area (Å²) in [7, 11) is 0. The van der Waals surface area contributed by atoms with Gasteiger partial charge in [0.05, 0.1) is 12.0 Å². The molecule has 0 radical (unpaired) electrons. The Kier molecular flexibility index (Phi) is 2.96. The lowest BCUT2D eigenvalue weighted by Crippen LogP contribution is -2.12. The Morgan fingerprint density at radius 2 is 2.37 bits per heavy atom. The third-order valence-corrected chi connectivity index (χ3v) is 5.32. The quantitative estimate of drug-likeness (QED) is 0.845. The molecule has 0 saturated carbocycles. The lowest BCUT2D eigenvalue weighted by Gasteiger charge is -2.17. The van der Waals surface area contributed by atoms with Crippen LogP contribution < -0.4 is 0 Å². The summed E-state index contributed by atoms with van der Waals surface area (Å²) in [6.07, 6.45) is 5.48. The molecule has 4 heterocycles. The van der Waals surface area contributed by atoms with Gasteiger partial charge in [0.15, 0.2) is 5.65 Å². The van der Waals surface area contributed by atoms with E-state index in [1.807, 2.05) is 24.0 Å². The first-order chi connectivity index (χ1) is 9.43. The zero-order valence-corrected chi connectivity index (χ0v) is 11.6. The van der Waals surface area contributed by atoms with E-state index in [9.17, 15) is 0 Å². The minimum atomic E-state index is 0.440. The fraction of sp³-hybridized carbons (Fsp3) is 0.571. The van der Waals surface area contributed by atoms with Crippen molar-refractivity contribution in [3.63, 3.8) is 0 Å². The topological polar surface area (TPSA) is 39.9 Å². The average Bonchev–Trinajstić information content (AvgIpc) is 3.17. The second-order valence-corrected chi connectivity index (χ2v) is 6.50. The van der Waals surface area contributed by atoms with Crippen LogP contribution in [0, 0.1) is 0 Å². The van der Waals surface area contributed by atoms with Crippen molar-refractivity contribution < 1.29 is 4.74 Å². The number of ether oxygens (including phenoxy) is 1. The van der Waals surface area contributed by atoms with Crippen molar-refractivity contribution in [2.24, 2.45) is 0 Å². The minimum absolute atomic E-state index is 0.440. The first kappa shape index (κ1) is 11.7. The lowest BCUT2D eigenvalue weighted by atomic mass is 10.1. The fourth-order valence-electron chi connectivity index (χ4n) is 3.02. The van der Waals surface area contributed by atoms with Crippen LogP contribution in [0.5, 0.6) is 0 Å². The molecule has 0 aromatic carbocycles.